The van der Waals surface area contributed by atoms with Crippen LogP contribution in [0, 0.1) is 0 Å². The second-order valence-electron chi connectivity index (χ2n) is 2.21. The summed E-state index contributed by atoms with van der Waals surface area (Å²) in [6.45, 7) is 0. The second-order valence-corrected chi connectivity index (χ2v) is 6.30. The Morgan fingerprint density at radius 2 is 2.00 bits per heavy atom. The maximum absolute atomic E-state index is 4.75. The molecule has 0 aliphatic carbocycles. The molecule has 4 heteroatoms. The van der Waals surface area contributed by atoms with Gasteiger partial charge in [0.05, 0.1) is 0 Å². The first-order valence-electron chi connectivity index (χ1n) is 3.25. The summed E-state index contributed by atoms with van der Waals surface area (Å²) in [6.07, 6.45) is -0.0813. The molecule has 1 saturated heterocycles. The Labute approximate surface area is 83.3 Å². The van der Waals surface area contributed by atoms with E-state index in [1.54, 1.807) is 0 Å². The molecule has 0 N–H and O–H groups in total. The molecule has 0 spiro atoms. The maximum atomic E-state index is 4.75. The first-order chi connectivity index (χ1) is 5.42. The van der Waals surface area contributed by atoms with Crippen LogP contribution in [0.15, 0.2) is 29.2 Å². The first kappa shape index (κ1) is 8.04. The van der Waals surface area contributed by atoms with Crippen LogP contribution < -0.4 is 0 Å². The SMILES string of the molecule is [Hg][S]c1ccccc1C1OO1. The third-order valence-electron chi connectivity index (χ3n) is 1.52. The molecule has 1 aliphatic heterocycles. The Balaban J connectivity index is 2.34. The minimum atomic E-state index is -0.0813. The Morgan fingerprint density at radius 3 is 2.64 bits per heavy atom. The van der Waals surface area contributed by atoms with Crippen molar-refractivity contribution in [1.29, 1.82) is 0 Å². The molecule has 0 atom stereocenters. The first-order valence-corrected chi connectivity index (χ1v) is 11.0. The summed E-state index contributed by atoms with van der Waals surface area (Å²) in [7, 11) is 1.90. The van der Waals surface area contributed by atoms with E-state index in [4.69, 9.17) is 9.78 Å². The number of hydrogen-bond donors (Lipinski definition) is 0. The zero-order chi connectivity index (χ0) is 7.68. The van der Waals surface area contributed by atoms with Gasteiger partial charge in [-0.15, -0.1) is 0 Å². The molecule has 0 amide bonds. The number of rotatable bonds is 2. The molecule has 0 saturated carbocycles. The molecular weight excluding hydrogens is 349 g/mol. The van der Waals surface area contributed by atoms with Crippen molar-refractivity contribution in [3.63, 3.8) is 0 Å². The third-order valence-corrected chi connectivity index (χ3v) is 5.83. The van der Waals surface area contributed by atoms with Crippen molar-refractivity contribution in [2.24, 2.45) is 0 Å². The molecule has 1 aromatic rings. The fourth-order valence-electron chi connectivity index (χ4n) is 0.938. The van der Waals surface area contributed by atoms with E-state index in [1.165, 1.54) is 10.5 Å². The second kappa shape index (κ2) is 3.43. The predicted molar refractivity (Wildman–Crippen MR) is 37.2 cm³/mol. The van der Waals surface area contributed by atoms with E-state index < -0.39 is 0 Å². The zero-order valence-electron chi connectivity index (χ0n) is 5.82. The van der Waals surface area contributed by atoms with Gasteiger partial charge in [-0.2, -0.15) is 0 Å². The molecule has 1 aliphatic rings. The molecule has 53 valence electrons. The predicted octanol–water partition coefficient (Wildman–Crippen LogP) is 2.20. The van der Waals surface area contributed by atoms with Gasteiger partial charge in [-0.3, -0.25) is 0 Å². The van der Waals surface area contributed by atoms with Crippen molar-refractivity contribution in [1.82, 2.24) is 0 Å². The number of hydrogen-bond acceptors (Lipinski definition) is 3. The van der Waals surface area contributed by atoms with E-state index in [-0.39, 0.29) is 6.29 Å². The van der Waals surface area contributed by atoms with E-state index >= 15 is 0 Å². The molecule has 11 heavy (non-hydrogen) atoms. The van der Waals surface area contributed by atoms with Crippen LogP contribution in [-0.2, 0) is 34.4 Å². The molecule has 0 unspecified atom stereocenters. The van der Waals surface area contributed by atoms with Crippen molar-refractivity contribution < 1.29 is 34.4 Å². The fourth-order valence-corrected chi connectivity index (χ4v) is 4.51. The molecule has 1 heterocycles. The standard InChI is InChI=1S/C7H6O2S.Hg/c10-6-4-2-1-3-5(6)7-8-9-7;/h1-4,7,10H;/q;+1/p-1. The van der Waals surface area contributed by atoms with E-state index in [9.17, 15) is 0 Å². The van der Waals surface area contributed by atoms with Crippen LogP contribution in [0.1, 0.15) is 11.9 Å². The summed E-state index contributed by atoms with van der Waals surface area (Å²) in [6, 6.07) is 8.21. The van der Waals surface area contributed by atoms with Gasteiger partial charge in [0.15, 0.2) is 0 Å². The Kier molecular flexibility index (Phi) is 2.51. The summed E-state index contributed by atoms with van der Waals surface area (Å²) in [5.74, 6) is 0. The monoisotopic (exact) mass is 355 g/mol. The van der Waals surface area contributed by atoms with E-state index in [2.05, 4.69) is 6.07 Å². The molecular formula is C7H5HgO2S. The summed E-state index contributed by atoms with van der Waals surface area (Å²) < 4.78 is 0. The van der Waals surface area contributed by atoms with Crippen LogP contribution >= 0.6 is 8.24 Å². The Hall–Kier alpha value is 0.425. The zero-order valence-corrected chi connectivity index (χ0v) is 12.1. The average molecular weight is 354 g/mol. The van der Waals surface area contributed by atoms with Crippen molar-refractivity contribution in [3.8, 4) is 0 Å². The van der Waals surface area contributed by atoms with Crippen molar-refractivity contribution >= 4 is 8.24 Å². The van der Waals surface area contributed by atoms with Crippen LogP contribution in [0.2, 0.25) is 0 Å². The van der Waals surface area contributed by atoms with E-state index in [0.29, 0.717) is 0 Å². The molecule has 1 fully saturated rings. The quantitative estimate of drug-likeness (QED) is 0.463. The van der Waals surface area contributed by atoms with Gasteiger partial charge in [-0.1, -0.05) is 0 Å². The molecule has 0 bridgehead atoms. The minimum absolute atomic E-state index is 0.0813. The van der Waals surface area contributed by atoms with Crippen LogP contribution in [0.3, 0.4) is 0 Å². The van der Waals surface area contributed by atoms with Gasteiger partial charge in [-0.25, -0.2) is 0 Å². The van der Waals surface area contributed by atoms with Crippen molar-refractivity contribution in [3.05, 3.63) is 29.8 Å². The normalized spacial score (nSPS) is 16.9. The topological polar surface area (TPSA) is 25.1 Å². The molecule has 0 aromatic heterocycles. The molecule has 2 rings (SSSR count). The van der Waals surface area contributed by atoms with E-state index in [0.717, 1.165) is 24.6 Å². The van der Waals surface area contributed by atoms with Crippen LogP contribution in [0.5, 0.6) is 0 Å². The Morgan fingerprint density at radius 1 is 1.27 bits per heavy atom. The van der Waals surface area contributed by atoms with Gasteiger partial charge in [0.25, 0.3) is 0 Å². The molecule has 1 aromatic carbocycles. The fraction of sp³-hybridized carbons (Fsp3) is 0.143. The van der Waals surface area contributed by atoms with Gasteiger partial charge in [0.1, 0.15) is 0 Å². The van der Waals surface area contributed by atoms with Gasteiger partial charge in [0, 0.05) is 0 Å². The van der Waals surface area contributed by atoms with Crippen molar-refractivity contribution in [2.45, 2.75) is 11.2 Å². The molecule has 0 radical (unpaired) electrons. The molecule has 2 nitrogen and oxygen atoms in total. The third kappa shape index (κ3) is 1.77. The summed E-state index contributed by atoms with van der Waals surface area (Å²) >= 11 is 0.729. The van der Waals surface area contributed by atoms with Crippen LogP contribution in [0.25, 0.3) is 0 Å². The van der Waals surface area contributed by atoms with Crippen LogP contribution in [0.4, 0.5) is 0 Å². The van der Waals surface area contributed by atoms with Crippen LogP contribution in [-0.4, -0.2) is 0 Å². The van der Waals surface area contributed by atoms with Gasteiger partial charge in [-0.05, 0) is 0 Å². The Bertz CT molecular complexity index is 262. The average Bonchev–Trinajstić information content (AvgIpc) is 2.87. The van der Waals surface area contributed by atoms with Gasteiger partial charge >= 0.3 is 83.6 Å². The van der Waals surface area contributed by atoms with Gasteiger partial charge in [0.2, 0.25) is 0 Å². The summed E-state index contributed by atoms with van der Waals surface area (Å²) in [5.41, 5.74) is 1.17. The number of benzene rings is 1. The van der Waals surface area contributed by atoms with Gasteiger partial charge < -0.3 is 0 Å². The van der Waals surface area contributed by atoms with Crippen molar-refractivity contribution in [2.75, 3.05) is 0 Å². The summed E-state index contributed by atoms with van der Waals surface area (Å²) in [5, 5.41) is 0. The van der Waals surface area contributed by atoms with E-state index in [1.807, 2.05) is 26.4 Å². The summed E-state index contributed by atoms with van der Waals surface area (Å²) in [4.78, 5) is 10.8.